The molecule has 1 unspecified atom stereocenters. The van der Waals surface area contributed by atoms with Gasteiger partial charge in [0, 0.05) is 22.6 Å². The summed E-state index contributed by atoms with van der Waals surface area (Å²) in [7, 11) is 6.44. The highest BCUT2D eigenvalue weighted by atomic mass is 15.0. The quantitative estimate of drug-likeness (QED) is 0.198. The maximum absolute atomic E-state index is 6.44. The molecule has 5 aromatic rings. The van der Waals surface area contributed by atoms with Gasteiger partial charge in [-0.1, -0.05) is 127 Å². The molecule has 0 fully saturated rings. The molecule has 43 heavy (non-hydrogen) atoms. The summed E-state index contributed by atoms with van der Waals surface area (Å²) in [5.41, 5.74) is 9.18. The van der Waals surface area contributed by atoms with Crippen molar-refractivity contribution < 1.29 is 0 Å². The highest BCUT2D eigenvalue weighted by Gasteiger charge is 2.16. The molecule has 0 aliphatic heterocycles. The van der Waals surface area contributed by atoms with Crippen LogP contribution in [-0.2, 0) is 0 Å². The van der Waals surface area contributed by atoms with Gasteiger partial charge in [-0.3, -0.25) is 0 Å². The molecule has 204 valence electrons. The van der Waals surface area contributed by atoms with Crippen LogP contribution in [0.5, 0.6) is 0 Å². The van der Waals surface area contributed by atoms with Crippen molar-refractivity contribution in [3.63, 3.8) is 0 Å². The summed E-state index contributed by atoms with van der Waals surface area (Å²) in [5, 5.41) is 0. The summed E-state index contributed by atoms with van der Waals surface area (Å²) in [6.07, 6.45) is 18.5. The fourth-order valence-corrected chi connectivity index (χ4v) is 5.74. The van der Waals surface area contributed by atoms with E-state index in [1.807, 2.05) is 30.3 Å². The number of aromatic nitrogens is 3. The van der Waals surface area contributed by atoms with Crippen LogP contribution in [0, 0.1) is 0 Å². The normalized spacial score (nSPS) is 15.8. The summed E-state index contributed by atoms with van der Waals surface area (Å²) in [5.74, 6) is 2.21. The number of allylic oxidation sites excluding steroid dienone is 8. The molecule has 2 radical (unpaired) electrons. The van der Waals surface area contributed by atoms with Gasteiger partial charge in [0.25, 0.3) is 0 Å². The van der Waals surface area contributed by atoms with E-state index in [1.165, 1.54) is 11.1 Å². The van der Waals surface area contributed by atoms with Gasteiger partial charge in [-0.25, -0.2) is 15.0 Å². The Morgan fingerprint density at radius 1 is 0.558 bits per heavy atom. The minimum atomic E-state index is 0.335. The smallest absolute Gasteiger partial charge is 0.164 e. The second kappa shape index (κ2) is 12.0. The van der Waals surface area contributed by atoms with E-state index >= 15 is 0 Å². The number of hydrogen-bond acceptors (Lipinski definition) is 3. The topological polar surface area (TPSA) is 38.7 Å². The highest BCUT2D eigenvalue weighted by Crippen LogP contribution is 2.32. The van der Waals surface area contributed by atoms with E-state index in [9.17, 15) is 0 Å². The summed E-state index contributed by atoms with van der Waals surface area (Å²) in [4.78, 5) is 15.1. The third-order valence-electron chi connectivity index (χ3n) is 7.96. The van der Waals surface area contributed by atoms with Crippen LogP contribution < -0.4 is 5.46 Å². The van der Waals surface area contributed by atoms with E-state index in [-0.39, 0.29) is 0 Å². The van der Waals surface area contributed by atoms with Crippen LogP contribution in [0.3, 0.4) is 0 Å². The van der Waals surface area contributed by atoms with E-state index in [0.29, 0.717) is 28.9 Å². The molecule has 4 heteroatoms. The molecule has 4 aromatic carbocycles. The van der Waals surface area contributed by atoms with Gasteiger partial charge in [0.2, 0.25) is 0 Å². The predicted molar refractivity (Wildman–Crippen MR) is 179 cm³/mol. The molecule has 0 N–H and O–H groups in total. The first kappa shape index (κ1) is 26.8. The van der Waals surface area contributed by atoms with Gasteiger partial charge < -0.3 is 0 Å². The van der Waals surface area contributed by atoms with E-state index < -0.39 is 0 Å². The van der Waals surface area contributed by atoms with Crippen molar-refractivity contribution in [3.05, 3.63) is 151 Å². The molecule has 0 spiro atoms. The van der Waals surface area contributed by atoms with Gasteiger partial charge in [-0.05, 0) is 65.3 Å². The zero-order valence-corrected chi connectivity index (χ0v) is 23.9. The van der Waals surface area contributed by atoms with E-state index in [0.717, 1.165) is 52.6 Å². The Hall–Kier alpha value is -5.09. The van der Waals surface area contributed by atoms with E-state index in [1.54, 1.807) is 0 Å². The first-order chi connectivity index (χ1) is 21.2. The number of benzene rings is 4. The van der Waals surface area contributed by atoms with Gasteiger partial charge >= 0.3 is 0 Å². The number of nitrogens with zero attached hydrogens (tertiary/aromatic N) is 3. The molecule has 2 aliphatic carbocycles. The van der Waals surface area contributed by atoms with Crippen LogP contribution in [-0.4, -0.2) is 22.8 Å². The van der Waals surface area contributed by atoms with Crippen LogP contribution in [0.1, 0.15) is 36.3 Å². The minimum Gasteiger partial charge on any atom is -0.208 e. The molecule has 0 bridgehead atoms. The maximum atomic E-state index is 6.44. The molecule has 0 saturated carbocycles. The molecule has 0 amide bonds. The van der Waals surface area contributed by atoms with E-state index in [4.69, 9.17) is 22.8 Å². The average molecular weight is 552 g/mol. The second-order valence-electron chi connectivity index (χ2n) is 11.0. The molecule has 7 rings (SSSR count). The lowest BCUT2D eigenvalue weighted by Crippen LogP contribution is -2.06. The van der Waals surface area contributed by atoms with Crippen LogP contribution in [0.15, 0.2) is 140 Å². The molecule has 2 aliphatic rings. The van der Waals surface area contributed by atoms with Gasteiger partial charge in [0.15, 0.2) is 17.5 Å². The lowest BCUT2D eigenvalue weighted by Gasteiger charge is -2.15. The van der Waals surface area contributed by atoms with Crippen LogP contribution in [0.4, 0.5) is 0 Å². The number of rotatable bonds is 6. The summed E-state index contributed by atoms with van der Waals surface area (Å²) in [6, 6.07) is 33.3. The Morgan fingerprint density at radius 2 is 1.23 bits per heavy atom. The largest absolute Gasteiger partial charge is 0.208 e. The van der Waals surface area contributed by atoms with Crippen molar-refractivity contribution in [1.29, 1.82) is 0 Å². The van der Waals surface area contributed by atoms with Crippen molar-refractivity contribution in [2.45, 2.75) is 25.2 Å². The Morgan fingerprint density at radius 3 is 1.98 bits per heavy atom. The Bertz CT molecular complexity index is 1920. The van der Waals surface area contributed by atoms with Crippen molar-refractivity contribution in [2.24, 2.45) is 0 Å². The van der Waals surface area contributed by atoms with Gasteiger partial charge in [0.1, 0.15) is 7.85 Å². The number of hydrogen-bond donors (Lipinski definition) is 0. The summed E-state index contributed by atoms with van der Waals surface area (Å²) >= 11 is 0. The molecule has 1 aromatic heterocycles. The Kier molecular flexibility index (Phi) is 7.49. The third kappa shape index (κ3) is 5.96. The van der Waals surface area contributed by atoms with Crippen LogP contribution >= 0.6 is 0 Å². The van der Waals surface area contributed by atoms with Crippen molar-refractivity contribution >= 4 is 18.9 Å². The van der Waals surface area contributed by atoms with Crippen molar-refractivity contribution in [3.8, 4) is 45.3 Å². The molecular formula is C39H30BN3. The fraction of sp³-hybridized carbons (Fsp3) is 0.103. The first-order valence-corrected chi connectivity index (χ1v) is 14.8. The van der Waals surface area contributed by atoms with Crippen LogP contribution in [0.25, 0.3) is 50.9 Å². The Labute approximate surface area is 254 Å². The zero-order chi connectivity index (χ0) is 29.0. The Balaban J connectivity index is 1.37. The van der Waals surface area contributed by atoms with Crippen LogP contribution in [0.2, 0.25) is 0 Å². The standard InChI is InChI=1S/C39H30BN3/c40-36-25-34(29-16-8-3-9-17-29)24-35(26-36)39-42-37(32-20-10-18-30(22-32)27-12-4-1-5-13-27)41-38(43-39)33-21-11-19-31(23-33)28-14-6-2-7-15-28/h1,3-6,8-12,14-27H,2,7,13H2. The minimum absolute atomic E-state index is 0.335. The third-order valence-corrected chi connectivity index (χ3v) is 7.96. The second-order valence-corrected chi connectivity index (χ2v) is 11.0. The fourth-order valence-electron chi connectivity index (χ4n) is 5.74. The lowest BCUT2D eigenvalue weighted by atomic mass is 9.89. The zero-order valence-electron chi connectivity index (χ0n) is 23.9. The first-order valence-electron chi connectivity index (χ1n) is 14.8. The molecular weight excluding hydrogens is 521 g/mol. The summed E-state index contributed by atoms with van der Waals surface area (Å²) in [6.45, 7) is 0. The predicted octanol–water partition coefficient (Wildman–Crippen LogP) is 8.67. The molecule has 3 nitrogen and oxygen atoms in total. The van der Waals surface area contributed by atoms with Gasteiger partial charge in [-0.15, -0.1) is 0 Å². The maximum Gasteiger partial charge on any atom is 0.164 e. The molecule has 0 saturated heterocycles. The highest BCUT2D eigenvalue weighted by molar-refractivity contribution is 6.33. The molecule has 1 heterocycles. The molecule has 1 atom stereocenters. The monoisotopic (exact) mass is 551 g/mol. The van der Waals surface area contributed by atoms with Crippen molar-refractivity contribution in [1.82, 2.24) is 15.0 Å². The van der Waals surface area contributed by atoms with E-state index in [2.05, 4.69) is 109 Å². The lowest BCUT2D eigenvalue weighted by molar-refractivity contribution is 0.854. The van der Waals surface area contributed by atoms with Gasteiger partial charge in [0.05, 0.1) is 0 Å². The SMILES string of the molecule is [B]c1cc(-c2ccccc2)cc(-c2nc(-c3cccc(C4=CCCC=C4)c3)nc(-c3cccc(C4C=CC=CC4)c3)n2)c1. The van der Waals surface area contributed by atoms with Gasteiger partial charge in [-0.2, -0.15) is 0 Å². The average Bonchev–Trinajstić information content (AvgIpc) is 3.09. The summed E-state index contributed by atoms with van der Waals surface area (Å²) < 4.78 is 0. The van der Waals surface area contributed by atoms with Crippen molar-refractivity contribution in [2.75, 3.05) is 0 Å².